The van der Waals surface area contributed by atoms with E-state index >= 15 is 0 Å². The third-order valence-corrected chi connectivity index (χ3v) is 3.30. The summed E-state index contributed by atoms with van der Waals surface area (Å²) in [6, 6.07) is 2.33. The van der Waals surface area contributed by atoms with Crippen LogP contribution in [0.5, 0.6) is 0 Å². The van der Waals surface area contributed by atoms with Crippen LogP contribution in [0.15, 0.2) is 18.5 Å². The zero-order valence-corrected chi connectivity index (χ0v) is 10.3. The molecule has 0 radical (unpaired) electrons. The van der Waals surface area contributed by atoms with Crippen LogP contribution in [0.2, 0.25) is 0 Å². The van der Waals surface area contributed by atoms with Gasteiger partial charge >= 0.3 is 0 Å². The topological polar surface area (TPSA) is 85.7 Å². The summed E-state index contributed by atoms with van der Waals surface area (Å²) in [6.45, 7) is 2.55. The Bertz CT molecular complexity index is 537. The molecule has 3 heterocycles. The molecular formula is C11H17N7. The number of nitrogen functional groups attached to an aromatic ring is 1. The van der Waals surface area contributed by atoms with Crippen LogP contribution in [0.1, 0.15) is 11.6 Å². The van der Waals surface area contributed by atoms with Crippen molar-refractivity contribution in [3.8, 4) is 0 Å². The average Bonchev–Trinajstić information content (AvgIpc) is 2.83. The fourth-order valence-electron chi connectivity index (χ4n) is 2.01. The molecule has 4 N–H and O–H groups in total. The van der Waals surface area contributed by atoms with E-state index in [0.29, 0.717) is 12.6 Å². The van der Waals surface area contributed by atoms with Crippen molar-refractivity contribution in [1.29, 1.82) is 0 Å². The van der Waals surface area contributed by atoms with Crippen molar-refractivity contribution in [2.45, 2.75) is 12.6 Å². The van der Waals surface area contributed by atoms with Crippen LogP contribution in [-0.2, 0) is 13.6 Å². The van der Waals surface area contributed by atoms with Crippen molar-refractivity contribution in [2.24, 2.45) is 7.05 Å². The lowest BCUT2D eigenvalue weighted by Crippen LogP contribution is -2.44. The Hall–Kier alpha value is -2.02. The maximum atomic E-state index is 6.10. The molecule has 0 bridgehead atoms. The summed E-state index contributed by atoms with van der Waals surface area (Å²) in [5, 5.41) is 15.0. The Morgan fingerprint density at radius 1 is 1.50 bits per heavy atom. The number of hydrogen-bond acceptors (Lipinski definition) is 5. The number of anilines is 2. The van der Waals surface area contributed by atoms with Gasteiger partial charge in [-0.25, -0.2) is 4.68 Å². The summed E-state index contributed by atoms with van der Waals surface area (Å²) in [7, 11) is 1.90. The Labute approximate surface area is 105 Å². The number of rotatable bonds is 4. The lowest BCUT2D eigenvalue weighted by atomic mass is 10.2. The molecule has 0 aromatic carbocycles. The summed E-state index contributed by atoms with van der Waals surface area (Å²) in [6.07, 6.45) is 3.59. The number of nitrogens with one attached hydrogen (secondary N) is 2. The Morgan fingerprint density at radius 2 is 2.33 bits per heavy atom. The van der Waals surface area contributed by atoms with Gasteiger partial charge in [0.05, 0.1) is 18.4 Å². The fourth-order valence-corrected chi connectivity index (χ4v) is 2.01. The minimum atomic E-state index is 0.399. The number of aromatic nitrogens is 4. The highest BCUT2D eigenvalue weighted by Gasteiger charge is 2.22. The monoisotopic (exact) mass is 247 g/mol. The molecule has 0 unspecified atom stereocenters. The summed E-state index contributed by atoms with van der Waals surface area (Å²) in [5.74, 6) is 1.71. The summed E-state index contributed by atoms with van der Waals surface area (Å²) in [5.41, 5.74) is 7.12. The zero-order valence-electron chi connectivity index (χ0n) is 10.3. The molecule has 2 aromatic rings. The third kappa shape index (κ3) is 1.82. The Balaban J connectivity index is 1.69. The van der Waals surface area contributed by atoms with Crippen LogP contribution in [0, 0.1) is 0 Å². The van der Waals surface area contributed by atoms with Crippen LogP contribution < -0.4 is 16.4 Å². The highest BCUT2D eigenvalue weighted by molar-refractivity contribution is 5.43. The summed E-state index contributed by atoms with van der Waals surface area (Å²) >= 11 is 0. The highest BCUT2D eigenvalue weighted by Crippen LogP contribution is 2.20. The first-order valence-corrected chi connectivity index (χ1v) is 6.00. The lowest BCUT2D eigenvalue weighted by Gasteiger charge is -2.28. The van der Waals surface area contributed by atoms with Crippen molar-refractivity contribution in [3.63, 3.8) is 0 Å². The smallest absolute Gasteiger partial charge is 0.127 e. The van der Waals surface area contributed by atoms with Gasteiger partial charge in [-0.05, 0) is 0 Å². The van der Waals surface area contributed by atoms with Gasteiger partial charge in [-0.1, -0.05) is 0 Å². The molecule has 0 aliphatic carbocycles. The molecule has 96 valence electrons. The lowest BCUT2D eigenvalue weighted by molar-refractivity contribution is 0.322. The van der Waals surface area contributed by atoms with E-state index in [1.807, 2.05) is 24.0 Å². The van der Waals surface area contributed by atoms with Crippen LogP contribution in [0.25, 0.3) is 0 Å². The molecular weight excluding hydrogens is 230 g/mol. The van der Waals surface area contributed by atoms with Gasteiger partial charge in [0, 0.05) is 38.3 Å². The van der Waals surface area contributed by atoms with Crippen molar-refractivity contribution < 1.29 is 0 Å². The van der Waals surface area contributed by atoms with Gasteiger partial charge in [0.25, 0.3) is 0 Å². The SMILES string of the molecule is Cn1nccc1NCc1cnn(C2CNC2)c1N. The van der Waals surface area contributed by atoms with Crippen molar-refractivity contribution in [2.75, 3.05) is 24.1 Å². The molecule has 7 nitrogen and oxygen atoms in total. The van der Waals surface area contributed by atoms with Gasteiger partial charge in [0.1, 0.15) is 11.6 Å². The van der Waals surface area contributed by atoms with E-state index in [0.717, 1.165) is 30.3 Å². The average molecular weight is 247 g/mol. The highest BCUT2D eigenvalue weighted by atomic mass is 15.4. The summed E-state index contributed by atoms with van der Waals surface area (Å²) in [4.78, 5) is 0. The maximum absolute atomic E-state index is 6.10. The second-order valence-corrected chi connectivity index (χ2v) is 4.51. The number of nitrogens with zero attached hydrogens (tertiary/aromatic N) is 4. The van der Waals surface area contributed by atoms with Crippen LogP contribution in [0.3, 0.4) is 0 Å². The molecule has 1 saturated heterocycles. The van der Waals surface area contributed by atoms with E-state index in [9.17, 15) is 0 Å². The molecule has 18 heavy (non-hydrogen) atoms. The fraction of sp³-hybridized carbons (Fsp3) is 0.455. The van der Waals surface area contributed by atoms with E-state index < -0.39 is 0 Å². The molecule has 0 atom stereocenters. The predicted octanol–water partition coefficient (Wildman–Crippen LogP) is -0.0448. The normalized spacial score (nSPS) is 15.6. The molecule has 0 amide bonds. The van der Waals surface area contributed by atoms with Crippen molar-refractivity contribution >= 4 is 11.6 Å². The van der Waals surface area contributed by atoms with Crippen molar-refractivity contribution in [3.05, 3.63) is 24.0 Å². The van der Waals surface area contributed by atoms with Crippen molar-refractivity contribution in [1.82, 2.24) is 24.9 Å². The standard InChI is InChI=1S/C11H17N7/c1-17-10(2-3-15-17)14-4-8-5-16-18(11(8)12)9-6-13-7-9/h2-3,5,9,13-14H,4,6-7,12H2,1H3. The number of nitrogens with two attached hydrogens (primary N) is 1. The number of hydrogen-bond donors (Lipinski definition) is 3. The van der Waals surface area contributed by atoms with Gasteiger partial charge < -0.3 is 16.4 Å². The molecule has 2 aromatic heterocycles. The Morgan fingerprint density at radius 3 is 2.94 bits per heavy atom. The number of aryl methyl sites for hydroxylation is 1. The molecule has 0 saturated carbocycles. The quantitative estimate of drug-likeness (QED) is 0.705. The Kier molecular flexibility index (Phi) is 2.67. The van der Waals surface area contributed by atoms with E-state index in [4.69, 9.17) is 5.73 Å². The predicted molar refractivity (Wildman–Crippen MR) is 69.1 cm³/mol. The first kappa shape index (κ1) is 11.1. The largest absolute Gasteiger partial charge is 0.384 e. The van der Waals surface area contributed by atoms with Gasteiger partial charge in [0.15, 0.2) is 0 Å². The van der Waals surface area contributed by atoms with Gasteiger partial charge in [-0.2, -0.15) is 10.2 Å². The second-order valence-electron chi connectivity index (χ2n) is 4.51. The molecule has 7 heteroatoms. The molecule has 0 spiro atoms. The first-order valence-electron chi connectivity index (χ1n) is 6.00. The van der Waals surface area contributed by atoms with Gasteiger partial charge in [-0.15, -0.1) is 0 Å². The third-order valence-electron chi connectivity index (χ3n) is 3.30. The first-order chi connectivity index (χ1) is 8.75. The second kappa shape index (κ2) is 4.34. The molecule has 3 rings (SSSR count). The molecule has 1 aliphatic heterocycles. The maximum Gasteiger partial charge on any atom is 0.127 e. The van der Waals surface area contributed by atoms with E-state index in [1.165, 1.54) is 0 Å². The summed E-state index contributed by atoms with van der Waals surface area (Å²) < 4.78 is 3.69. The minimum Gasteiger partial charge on any atom is -0.384 e. The van der Waals surface area contributed by atoms with Crippen LogP contribution in [0.4, 0.5) is 11.6 Å². The minimum absolute atomic E-state index is 0.399. The van der Waals surface area contributed by atoms with E-state index in [-0.39, 0.29) is 0 Å². The van der Waals surface area contributed by atoms with E-state index in [1.54, 1.807) is 10.9 Å². The molecule has 1 fully saturated rings. The molecule has 1 aliphatic rings. The van der Waals surface area contributed by atoms with Gasteiger partial charge in [-0.3, -0.25) is 4.68 Å². The van der Waals surface area contributed by atoms with Gasteiger partial charge in [0.2, 0.25) is 0 Å². The van der Waals surface area contributed by atoms with Crippen LogP contribution in [-0.4, -0.2) is 32.7 Å². The zero-order chi connectivity index (χ0) is 12.5. The van der Waals surface area contributed by atoms with Crippen LogP contribution >= 0.6 is 0 Å². The van der Waals surface area contributed by atoms with E-state index in [2.05, 4.69) is 20.8 Å².